The minimum Gasteiger partial charge on any atom is -0.381 e. The van der Waals surface area contributed by atoms with E-state index < -0.39 is 0 Å². The van der Waals surface area contributed by atoms with Gasteiger partial charge in [-0.1, -0.05) is 12.1 Å². The summed E-state index contributed by atoms with van der Waals surface area (Å²) < 4.78 is 5.48. The SMILES string of the molecule is O=C1Cc2cc(C(Cl)C3CCCOC3)ccc2N1. The maximum atomic E-state index is 11.3. The molecule has 96 valence electrons. The summed E-state index contributed by atoms with van der Waals surface area (Å²) in [4.78, 5) is 11.3. The average Bonchev–Trinajstić information content (AvgIpc) is 2.78. The first-order chi connectivity index (χ1) is 8.74. The lowest BCUT2D eigenvalue weighted by Crippen LogP contribution is -2.21. The van der Waals surface area contributed by atoms with E-state index in [-0.39, 0.29) is 11.3 Å². The monoisotopic (exact) mass is 265 g/mol. The molecular formula is C14H16ClNO2. The van der Waals surface area contributed by atoms with Gasteiger partial charge in [-0.05, 0) is 30.0 Å². The van der Waals surface area contributed by atoms with Crippen LogP contribution in [0.5, 0.6) is 0 Å². The third-order valence-electron chi connectivity index (χ3n) is 3.68. The number of hydrogen-bond acceptors (Lipinski definition) is 2. The number of alkyl halides is 1. The van der Waals surface area contributed by atoms with E-state index >= 15 is 0 Å². The average molecular weight is 266 g/mol. The van der Waals surface area contributed by atoms with Gasteiger partial charge in [0.2, 0.25) is 5.91 Å². The number of benzene rings is 1. The van der Waals surface area contributed by atoms with Crippen molar-refractivity contribution in [1.82, 2.24) is 0 Å². The molecule has 0 spiro atoms. The molecule has 1 aromatic rings. The lowest BCUT2D eigenvalue weighted by Gasteiger charge is -2.26. The first-order valence-corrected chi connectivity index (χ1v) is 6.82. The number of nitrogens with one attached hydrogen (secondary N) is 1. The zero-order valence-corrected chi connectivity index (χ0v) is 10.9. The predicted molar refractivity (Wildman–Crippen MR) is 70.9 cm³/mol. The highest BCUT2D eigenvalue weighted by molar-refractivity contribution is 6.21. The molecule has 1 fully saturated rings. The van der Waals surface area contributed by atoms with Crippen LogP contribution < -0.4 is 5.32 Å². The molecule has 0 aliphatic carbocycles. The Kier molecular flexibility index (Phi) is 3.27. The van der Waals surface area contributed by atoms with Crippen LogP contribution in [0.3, 0.4) is 0 Å². The summed E-state index contributed by atoms with van der Waals surface area (Å²) >= 11 is 6.54. The molecule has 2 aliphatic rings. The summed E-state index contributed by atoms with van der Waals surface area (Å²) in [5.74, 6) is 0.442. The van der Waals surface area contributed by atoms with Gasteiger partial charge >= 0.3 is 0 Å². The molecule has 1 N–H and O–H groups in total. The number of hydrogen-bond donors (Lipinski definition) is 1. The van der Waals surface area contributed by atoms with Gasteiger partial charge < -0.3 is 10.1 Å². The summed E-state index contributed by atoms with van der Waals surface area (Å²) in [6, 6.07) is 6.02. The van der Waals surface area contributed by atoms with E-state index in [4.69, 9.17) is 16.3 Å². The second-order valence-electron chi connectivity index (χ2n) is 5.02. The highest BCUT2D eigenvalue weighted by Gasteiger charge is 2.25. The number of carbonyl (C=O) groups excluding carboxylic acids is 1. The van der Waals surface area contributed by atoms with Gasteiger partial charge in [0.15, 0.2) is 0 Å². The first kappa shape index (κ1) is 12.0. The normalized spacial score (nSPS) is 24.5. The molecule has 3 nitrogen and oxygen atoms in total. The Labute approximate surface area is 111 Å². The van der Waals surface area contributed by atoms with Crippen LogP contribution in [0.15, 0.2) is 18.2 Å². The van der Waals surface area contributed by atoms with Crippen molar-refractivity contribution in [2.45, 2.75) is 24.6 Å². The highest BCUT2D eigenvalue weighted by atomic mass is 35.5. The van der Waals surface area contributed by atoms with E-state index in [0.29, 0.717) is 12.3 Å². The first-order valence-electron chi connectivity index (χ1n) is 6.38. The number of amides is 1. The van der Waals surface area contributed by atoms with Crippen molar-refractivity contribution >= 4 is 23.2 Å². The Hall–Kier alpha value is -1.06. The fourth-order valence-electron chi connectivity index (χ4n) is 2.69. The van der Waals surface area contributed by atoms with Crippen molar-refractivity contribution in [3.63, 3.8) is 0 Å². The van der Waals surface area contributed by atoms with Crippen LogP contribution in [0, 0.1) is 5.92 Å². The van der Waals surface area contributed by atoms with Crippen molar-refractivity contribution < 1.29 is 9.53 Å². The van der Waals surface area contributed by atoms with Crippen molar-refractivity contribution in [3.05, 3.63) is 29.3 Å². The van der Waals surface area contributed by atoms with Gasteiger partial charge in [-0.25, -0.2) is 0 Å². The molecule has 1 aromatic carbocycles. The Bertz CT molecular complexity index is 469. The minimum absolute atomic E-state index is 0.0219. The van der Waals surface area contributed by atoms with Crippen molar-refractivity contribution in [3.8, 4) is 0 Å². The molecule has 0 aromatic heterocycles. The van der Waals surface area contributed by atoms with Gasteiger partial charge in [-0.2, -0.15) is 0 Å². The zero-order chi connectivity index (χ0) is 12.5. The van der Waals surface area contributed by atoms with Crippen molar-refractivity contribution in [2.24, 2.45) is 5.92 Å². The molecule has 0 saturated carbocycles. The van der Waals surface area contributed by atoms with Gasteiger partial charge in [-0.15, -0.1) is 11.6 Å². The quantitative estimate of drug-likeness (QED) is 0.835. The number of rotatable bonds is 2. The summed E-state index contributed by atoms with van der Waals surface area (Å²) in [5.41, 5.74) is 3.08. The van der Waals surface area contributed by atoms with Crippen LogP contribution in [0.25, 0.3) is 0 Å². The Morgan fingerprint density at radius 3 is 3.11 bits per heavy atom. The van der Waals surface area contributed by atoms with Crippen LogP contribution in [0.4, 0.5) is 5.69 Å². The predicted octanol–water partition coefficient (Wildman–Crippen LogP) is 2.89. The molecule has 0 radical (unpaired) electrons. The molecule has 1 saturated heterocycles. The van der Waals surface area contributed by atoms with E-state index in [1.165, 1.54) is 0 Å². The zero-order valence-electron chi connectivity index (χ0n) is 10.1. The maximum Gasteiger partial charge on any atom is 0.228 e. The standard InChI is InChI=1S/C14H16ClNO2/c15-14(10-2-1-5-18-8-10)9-3-4-12-11(6-9)7-13(17)16-12/h3-4,6,10,14H,1-2,5,7-8H2,(H,16,17). The third-order valence-corrected chi connectivity index (χ3v) is 4.29. The second kappa shape index (κ2) is 4.90. The van der Waals surface area contributed by atoms with E-state index in [9.17, 15) is 4.79 Å². The lowest BCUT2D eigenvalue weighted by molar-refractivity contribution is -0.115. The van der Waals surface area contributed by atoms with Crippen LogP contribution in [-0.4, -0.2) is 19.1 Å². The van der Waals surface area contributed by atoms with Crippen LogP contribution >= 0.6 is 11.6 Å². The van der Waals surface area contributed by atoms with Crippen LogP contribution in [0.2, 0.25) is 0 Å². The number of halogens is 1. The lowest BCUT2D eigenvalue weighted by atomic mass is 9.92. The van der Waals surface area contributed by atoms with E-state index in [1.807, 2.05) is 12.1 Å². The molecular weight excluding hydrogens is 250 g/mol. The molecule has 4 heteroatoms. The fourth-order valence-corrected chi connectivity index (χ4v) is 3.02. The number of ether oxygens (including phenoxy) is 1. The van der Waals surface area contributed by atoms with Gasteiger partial charge in [0.25, 0.3) is 0 Å². The molecule has 2 aliphatic heterocycles. The van der Waals surface area contributed by atoms with E-state index in [1.54, 1.807) is 0 Å². The molecule has 1 amide bonds. The molecule has 3 rings (SSSR count). The largest absolute Gasteiger partial charge is 0.381 e. The third kappa shape index (κ3) is 2.25. The Balaban J connectivity index is 1.80. The summed E-state index contributed by atoms with van der Waals surface area (Å²) in [6.45, 7) is 1.59. The topological polar surface area (TPSA) is 38.3 Å². The molecule has 2 heterocycles. The van der Waals surface area contributed by atoms with Gasteiger partial charge in [0, 0.05) is 18.2 Å². The minimum atomic E-state index is -0.0219. The van der Waals surface area contributed by atoms with Gasteiger partial charge in [-0.3, -0.25) is 4.79 Å². The van der Waals surface area contributed by atoms with E-state index in [0.717, 1.165) is 42.9 Å². The van der Waals surface area contributed by atoms with Crippen LogP contribution in [-0.2, 0) is 16.0 Å². The van der Waals surface area contributed by atoms with Crippen molar-refractivity contribution in [2.75, 3.05) is 18.5 Å². The summed E-state index contributed by atoms with van der Waals surface area (Å²) in [5, 5.41) is 2.81. The molecule has 0 bridgehead atoms. The smallest absolute Gasteiger partial charge is 0.228 e. The van der Waals surface area contributed by atoms with Gasteiger partial charge in [0.05, 0.1) is 18.4 Å². The van der Waals surface area contributed by atoms with Gasteiger partial charge in [0.1, 0.15) is 0 Å². The van der Waals surface area contributed by atoms with Crippen LogP contribution in [0.1, 0.15) is 29.3 Å². The molecule has 2 atom stereocenters. The number of anilines is 1. The summed E-state index contributed by atoms with van der Waals surface area (Å²) in [6.07, 6.45) is 2.66. The van der Waals surface area contributed by atoms with E-state index in [2.05, 4.69) is 11.4 Å². The maximum absolute atomic E-state index is 11.3. The second-order valence-corrected chi connectivity index (χ2v) is 5.49. The molecule has 2 unspecified atom stereocenters. The highest BCUT2D eigenvalue weighted by Crippen LogP contribution is 2.36. The Morgan fingerprint density at radius 2 is 2.33 bits per heavy atom. The fraction of sp³-hybridized carbons (Fsp3) is 0.500. The number of carbonyl (C=O) groups is 1. The number of fused-ring (bicyclic) bond motifs is 1. The Morgan fingerprint density at radius 1 is 1.44 bits per heavy atom. The van der Waals surface area contributed by atoms with Crippen molar-refractivity contribution in [1.29, 1.82) is 0 Å². The molecule has 18 heavy (non-hydrogen) atoms. The summed E-state index contributed by atoms with van der Waals surface area (Å²) in [7, 11) is 0.